The van der Waals surface area contributed by atoms with Crippen molar-refractivity contribution in [3.05, 3.63) is 58.0 Å². The first kappa shape index (κ1) is 19.2. The van der Waals surface area contributed by atoms with E-state index in [1.54, 1.807) is 31.4 Å². The summed E-state index contributed by atoms with van der Waals surface area (Å²) in [7, 11) is 2.79. The summed E-state index contributed by atoms with van der Waals surface area (Å²) in [6.07, 6.45) is 1.36. The lowest BCUT2D eigenvalue weighted by Crippen LogP contribution is -2.01. The van der Waals surface area contributed by atoms with E-state index in [0.717, 1.165) is 6.07 Å². The zero-order valence-electron chi connectivity index (χ0n) is 14.7. The smallest absolute Gasteiger partial charge is 0.269 e. The summed E-state index contributed by atoms with van der Waals surface area (Å²) in [6.45, 7) is 0. The lowest BCUT2D eigenvalue weighted by molar-refractivity contribution is -0.398. The summed E-state index contributed by atoms with van der Waals surface area (Å²) in [5, 5.41) is 26.9. The fourth-order valence-corrected chi connectivity index (χ4v) is 2.59. The van der Waals surface area contributed by atoms with Crippen LogP contribution in [0.25, 0.3) is 22.5 Å². The van der Waals surface area contributed by atoms with Gasteiger partial charge in [0.1, 0.15) is 16.5 Å². The van der Waals surface area contributed by atoms with Gasteiger partial charge >= 0.3 is 0 Å². The molecule has 0 aliphatic rings. The van der Waals surface area contributed by atoms with Crippen LogP contribution in [-0.2, 0) is 0 Å². The third-order valence-electron chi connectivity index (χ3n) is 3.73. The molecule has 0 aliphatic carbocycles. The van der Waals surface area contributed by atoms with E-state index in [4.69, 9.17) is 25.6 Å². The van der Waals surface area contributed by atoms with Crippen LogP contribution in [0.5, 0.6) is 17.2 Å². The molecule has 144 valence electrons. The first-order valence-electron chi connectivity index (χ1n) is 7.82. The van der Waals surface area contributed by atoms with Gasteiger partial charge in [0.2, 0.25) is 5.82 Å². The van der Waals surface area contributed by atoms with Crippen LogP contribution in [0, 0.1) is 10.1 Å². The standard InChI is InChI=1S/C18H14ClN3O6/c1-26-12-5-3-4-11(9-12)17-20-18(28-21-17)13(19)6-10-7-14(22(24)25)16(23)15(8-10)27-2/h3-9,23H,1-2H3/p-1/b13-6-. The predicted molar refractivity (Wildman–Crippen MR) is 99.1 cm³/mol. The largest absolute Gasteiger partial charge is 0.865 e. The van der Waals surface area contributed by atoms with Crippen molar-refractivity contribution in [1.82, 2.24) is 10.1 Å². The first-order chi connectivity index (χ1) is 13.4. The second-order valence-corrected chi connectivity index (χ2v) is 5.88. The van der Waals surface area contributed by atoms with Crippen molar-refractivity contribution < 1.29 is 24.0 Å². The molecule has 0 unspecified atom stereocenters. The Hall–Kier alpha value is -3.59. The van der Waals surface area contributed by atoms with E-state index in [1.807, 2.05) is 0 Å². The van der Waals surface area contributed by atoms with E-state index >= 15 is 0 Å². The van der Waals surface area contributed by atoms with Crippen LogP contribution < -0.4 is 14.6 Å². The van der Waals surface area contributed by atoms with E-state index in [-0.39, 0.29) is 22.2 Å². The molecule has 0 aliphatic heterocycles. The number of halogens is 1. The Morgan fingerprint density at radius 1 is 1.25 bits per heavy atom. The molecule has 10 heteroatoms. The quantitative estimate of drug-likeness (QED) is 0.453. The summed E-state index contributed by atoms with van der Waals surface area (Å²) in [4.78, 5) is 14.5. The van der Waals surface area contributed by atoms with Crippen molar-refractivity contribution >= 4 is 28.4 Å². The highest BCUT2D eigenvalue weighted by Crippen LogP contribution is 2.36. The van der Waals surface area contributed by atoms with Crippen molar-refractivity contribution in [2.75, 3.05) is 14.2 Å². The average Bonchev–Trinajstić information content (AvgIpc) is 3.19. The molecular formula is C18H13ClN3O6-. The lowest BCUT2D eigenvalue weighted by atomic mass is 10.1. The van der Waals surface area contributed by atoms with E-state index in [9.17, 15) is 15.2 Å². The van der Waals surface area contributed by atoms with Crippen molar-refractivity contribution in [1.29, 1.82) is 0 Å². The van der Waals surface area contributed by atoms with Crippen molar-refractivity contribution in [3.8, 4) is 28.6 Å². The molecule has 0 saturated heterocycles. The lowest BCUT2D eigenvalue weighted by Gasteiger charge is -2.13. The molecule has 1 heterocycles. The number of aromatic nitrogens is 2. The maximum atomic E-state index is 11.9. The maximum absolute atomic E-state index is 11.9. The molecule has 28 heavy (non-hydrogen) atoms. The molecular weight excluding hydrogens is 390 g/mol. The molecule has 0 saturated carbocycles. The summed E-state index contributed by atoms with van der Waals surface area (Å²) in [5.74, 6) is -0.0693. The minimum atomic E-state index is -0.820. The highest BCUT2D eigenvalue weighted by Gasteiger charge is 2.15. The van der Waals surface area contributed by atoms with Gasteiger partial charge in [-0.25, -0.2) is 0 Å². The van der Waals surface area contributed by atoms with E-state index in [1.165, 1.54) is 19.3 Å². The van der Waals surface area contributed by atoms with Gasteiger partial charge in [0.05, 0.1) is 19.1 Å². The van der Waals surface area contributed by atoms with Crippen molar-refractivity contribution in [2.45, 2.75) is 0 Å². The molecule has 0 radical (unpaired) electrons. The third-order valence-corrected chi connectivity index (χ3v) is 4.00. The van der Waals surface area contributed by atoms with E-state index in [0.29, 0.717) is 17.1 Å². The van der Waals surface area contributed by atoms with Gasteiger partial charge in [-0.05, 0) is 29.8 Å². The van der Waals surface area contributed by atoms with E-state index in [2.05, 4.69) is 10.1 Å². The van der Waals surface area contributed by atoms with Crippen LogP contribution in [0.4, 0.5) is 5.69 Å². The zero-order chi connectivity index (χ0) is 20.3. The Balaban J connectivity index is 1.95. The number of nitrogens with zero attached hydrogens (tertiary/aromatic N) is 3. The normalized spacial score (nSPS) is 11.3. The fraction of sp³-hybridized carbons (Fsp3) is 0.111. The number of methoxy groups -OCH3 is 2. The number of rotatable bonds is 6. The van der Waals surface area contributed by atoms with Gasteiger partial charge in [-0.1, -0.05) is 28.9 Å². The van der Waals surface area contributed by atoms with Crippen LogP contribution in [0.2, 0.25) is 0 Å². The van der Waals surface area contributed by atoms with Crippen LogP contribution in [0.15, 0.2) is 40.9 Å². The minimum absolute atomic E-state index is 0.00677. The highest BCUT2D eigenvalue weighted by molar-refractivity contribution is 6.50. The molecule has 0 N–H and O–H groups in total. The Morgan fingerprint density at radius 2 is 2.04 bits per heavy atom. The number of hydrogen-bond acceptors (Lipinski definition) is 8. The van der Waals surface area contributed by atoms with Gasteiger partial charge in [-0.15, -0.1) is 0 Å². The minimum Gasteiger partial charge on any atom is -0.865 e. The summed E-state index contributed by atoms with van der Waals surface area (Å²) in [5.41, 5.74) is 0.304. The van der Waals surface area contributed by atoms with Crippen LogP contribution in [-0.4, -0.2) is 29.3 Å². The summed E-state index contributed by atoms with van der Waals surface area (Å²) >= 11 is 6.22. The van der Waals surface area contributed by atoms with Gasteiger partial charge < -0.3 is 19.1 Å². The zero-order valence-corrected chi connectivity index (χ0v) is 15.5. The molecule has 2 aromatic carbocycles. The Morgan fingerprint density at radius 3 is 2.71 bits per heavy atom. The van der Waals surface area contributed by atoms with Crippen molar-refractivity contribution in [2.24, 2.45) is 0 Å². The van der Waals surface area contributed by atoms with Gasteiger partial charge in [-0.2, -0.15) is 4.98 Å². The number of nitro benzene ring substituents is 1. The Labute approximate surface area is 163 Å². The third kappa shape index (κ3) is 3.89. The molecule has 9 nitrogen and oxygen atoms in total. The average molecular weight is 403 g/mol. The Bertz CT molecular complexity index is 1060. The van der Waals surface area contributed by atoms with Gasteiger partial charge in [-0.3, -0.25) is 10.1 Å². The number of hydrogen-bond donors (Lipinski definition) is 0. The molecule has 3 aromatic rings. The van der Waals surface area contributed by atoms with E-state index < -0.39 is 16.4 Å². The first-order valence-corrected chi connectivity index (χ1v) is 8.20. The molecule has 0 spiro atoms. The number of nitro groups is 1. The second-order valence-electron chi connectivity index (χ2n) is 5.48. The summed E-state index contributed by atoms with van der Waals surface area (Å²) < 4.78 is 15.2. The fourth-order valence-electron chi connectivity index (χ4n) is 2.39. The number of benzene rings is 2. The molecule has 0 bridgehead atoms. The van der Waals surface area contributed by atoms with Gasteiger partial charge in [0.15, 0.2) is 0 Å². The predicted octanol–water partition coefficient (Wildman–Crippen LogP) is 3.47. The topological polar surface area (TPSA) is 124 Å². The van der Waals surface area contributed by atoms with Crippen LogP contribution in [0.1, 0.15) is 11.5 Å². The summed E-state index contributed by atoms with van der Waals surface area (Å²) in [6, 6.07) is 9.47. The van der Waals surface area contributed by atoms with Crippen molar-refractivity contribution in [3.63, 3.8) is 0 Å². The molecule has 0 amide bonds. The monoisotopic (exact) mass is 402 g/mol. The Kier molecular flexibility index (Phi) is 5.46. The highest BCUT2D eigenvalue weighted by atomic mass is 35.5. The molecule has 3 rings (SSSR count). The van der Waals surface area contributed by atoms with Crippen LogP contribution >= 0.6 is 11.6 Å². The van der Waals surface area contributed by atoms with Gasteiger partial charge in [0, 0.05) is 17.4 Å². The van der Waals surface area contributed by atoms with Gasteiger partial charge in [0.25, 0.3) is 11.6 Å². The van der Waals surface area contributed by atoms with Crippen LogP contribution in [0.3, 0.4) is 0 Å². The maximum Gasteiger partial charge on any atom is 0.269 e. The molecule has 0 atom stereocenters. The molecule has 0 fully saturated rings. The number of ether oxygens (including phenoxy) is 2. The second kappa shape index (κ2) is 7.97. The molecule has 1 aromatic heterocycles. The SMILES string of the molecule is COc1cccc(-c2noc(/C(Cl)=C/c3cc(OC)c([O-])c([N+](=O)[O-])c3)n2)c1.